The Morgan fingerprint density at radius 1 is 1.17 bits per heavy atom. The number of non-ortho nitro benzene ring substituents is 1. The second-order valence-electron chi connectivity index (χ2n) is 5.64. The van der Waals surface area contributed by atoms with Crippen molar-refractivity contribution in [1.82, 2.24) is 9.78 Å². The van der Waals surface area contributed by atoms with Crippen molar-refractivity contribution in [3.8, 4) is 11.1 Å². The van der Waals surface area contributed by atoms with Gasteiger partial charge in [0.15, 0.2) is 0 Å². The minimum absolute atomic E-state index is 0.0803. The van der Waals surface area contributed by atoms with Crippen LogP contribution in [0.5, 0.6) is 0 Å². The third kappa shape index (κ3) is 3.16. The maximum atomic E-state index is 11.0. The predicted octanol–water partition coefficient (Wildman–Crippen LogP) is 4.78. The molecule has 3 aromatic rings. The summed E-state index contributed by atoms with van der Waals surface area (Å²) in [5.74, 6) is 0. The third-order valence-electron chi connectivity index (χ3n) is 3.97. The largest absolute Gasteiger partial charge is 0.270 e. The summed E-state index contributed by atoms with van der Waals surface area (Å²) < 4.78 is 1.91. The molecular formula is C18H16ClN3O2. The summed E-state index contributed by atoms with van der Waals surface area (Å²) in [7, 11) is 0. The zero-order valence-corrected chi connectivity index (χ0v) is 14.1. The Morgan fingerprint density at radius 3 is 2.54 bits per heavy atom. The Morgan fingerprint density at radius 2 is 1.88 bits per heavy atom. The van der Waals surface area contributed by atoms with Gasteiger partial charge in [0.25, 0.3) is 5.69 Å². The molecule has 1 aromatic heterocycles. The van der Waals surface area contributed by atoms with E-state index in [1.807, 2.05) is 48.9 Å². The van der Waals surface area contributed by atoms with Crippen LogP contribution in [0.25, 0.3) is 11.1 Å². The van der Waals surface area contributed by atoms with Gasteiger partial charge in [-0.05, 0) is 37.1 Å². The summed E-state index contributed by atoms with van der Waals surface area (Å²) in [4.78, 5) is 10.6. The van der Waals surface area contributed by atoms with E-state index in [2.05, 4.69) is 5.10 Å². The molecule has 0 unspecified atom stereocenters. The molecule has 0 spiro atoms. The minimum atomic E-state index is -0.383. The molecule has 122 valence electrons. The number of hydrogen-bond donors (Lipinski definition) is 0. The molecule has 0 aliphatic rings. The molecule has 0 atom stereocenters. The van der Waals surface area contributed by atoms with Crippen molar-refractivity contribution in [3.63, 3.8) is 0 Å². The van der Waals surface area contributed by atoms with Crippen molar-refractivity contribution in [2.24, 2.45) is 0 Å². The summed E-state index contributed by atoms with van der Waals surface area (Å²) in [5.41, 5.74) is 4.74. The molecule has 3 rings (SSSR count). The van der Waals surface area contributed by atoms with Crippen LogP contribution in [0.15, 0.2) is 48.5 Å². The number of nitro groups is 1. The van der Waals surface area contributed by atoms with E-state index in [0.29, 0.717) is 11.6 Å². The molecule has 2 aromatic carbocycles. The van der Waals surface area contributed by atoms with E-state index in [1.54, 1.807) is 12.1 Å². The highest BCUT2D eigenvalue weighted by Gasteiger charge is 2.16. The van der Waals surface area contributed by atoms with Crippen LogP contribution in [0.3, 0.4) is 0 Å². The first-order valence-electron chi connectivity index (χ1n) is 7.49. The van der Waals surface area contributed by atoms with Crippen molar-refractivity contribution in [1.29, 1.82) is 0 Å². The third-order valence-corrected chi connectivity index (χ3v) is 4.22. The fourth-order valence-corrected chi connectivity index (χ4v) is 2.93. The Balaban J connectivity index is 1.99. The van der Waals surface area contributed by atoms with E-state index >= 15 is 0 Å². The van der Waals surface area contributed by atoms with Gasteiger partial charge in [-0.15, -0.1) is 0 Å². The van der Waals surface area contributed by atoms with Gasteiger partial charge in [-0.1, -0.05) is 35.9 Å². The minimum Gasteiger partial charge on any atom is -0.265 e. The molecule has 0 aliphatic heterocycles. The van der Waals surface area contributed by atoms with Gasteiger partial charge in [-0.2, -0.15) is 5.10 Å². The van der Waals surface area contributed by atoms with Gasteiger partial charge in [0.1, 0.15) is 0 Å². The number of aromatic nitrogens is 2. The van der Waals surface area contributed by atoms with Gasteiger partial charge in [0, 0.05) is 28.4 Å². The highest BCUT2D eigenvalue weighted by molar-refractivity contribution is 6.30. The number of hydrogen-bond acceptors (Lipinski definition) is 3. The van der Waals surface area contributed by atoms with Crippen LogP contribution in [0.4, 0.5) is 5.69 Å². The summed E-state index contributed by atoms with van der Waals surface area (Å²) >= 11 is 5.92. The zero-order chi connectivity index (χ0) is 17.3. The van der Waals surface area contributed by atoms with Crippen molar-refractivity contribution in [2.75, 3.05) is 0 Å². The normalized spacial score (nSPS) is 10.8. The molecule has 0 saturated heterocycles. The molecule has 0 bridgehead atoms. The summed E-state index contributed by atoms with van der Waals surface area (Å²) in [6.07, 6.45) is 0. The van der Waals surface area contributed by atoms with E-state index in [4.69, 9.17) is 11.6 Å². The number of halogens is 1. The Bertz CT molecular complexity index is 901. The lowest BCUT2D eigenvalue weighted by atomic mass is 10.0. The summed E-state index contributed by atoms with van der Waals surface area (Å²) in [6, 6.07) is 14.3. The monoisotopic (exact) mass is 341 g/mol. The first-order valence-corrected chi connectivity index (χ1v) is 7.87. The van der Waals surface area contributed by atoms with E-state index in [-0.39, 0.29) is 10.6 Å². The molecular weight excluding hydrogens is 326 g/mol. The van der Waals surface area contributed by atoms with E-state index in [0.717, 1.165) is 28.1 Å². The zero-order valence-electron chi connectivity index (χ0n) is 13.4. The van der Waals surface area contributed by atoms with Gasteiger partial charge in [-0.3, -0.25) is 14.8 Å². The molecule has 24 heavy (non-hydrogen) atoms. The average molecular weight is 342 g/mol. The summed E-state index contributed by atoms with van der Waals surface area (Å²) in [6.45, 7) is 4.52. The second kappa shape index (κ2) is 6.45. The molecule has 1 heterocycles. The molecule has 0 aliphatic carbocycles. The van der Waals surface area contributed by atoms with Gasteiger partial charge in [0.2, 0.25) is 0 Å². The van der Waals surface area contributed by atoms with Crippen LogP contribution in [0, 0.1) is 24.0 Å². The standard InChI is InChI=1S/C18H16ClN3O2/c1-12-18(15-4-3-5-17(10-15)22(23)24)13(2)21(20-12)11-14-6-8-16(19)9-7-14/h3-10H,11H2,1-2H3. The smallest absolute Gasteiger partial charge is 0.265 e. The van der Waals surface area contributed by atoms with Gasteiger partial charge >= 0.3 is 0 Å². The summed E-state index contributed by atoms with van der Waals surface area (Å²) in [5, 5.41) is 16.3. The number of aryl methyl sites for hydroxylation is 1. The number of rotatable bonds is 4. The highest BCUT2D eigenvalue weighted by atomic mass is 35.5. The van der Waals surface area contributed by atoms with Gasteiger partial charge in [-0.25, -0.2) is 0 Å². The molecule has 0 saturated carbocycles. The van der Waals surface area contributed by atoms with Crippen molar-refractivity contribution >= 4 is 17.3 Å². The quantitative estimate of drug-likeness (QED) is 0.507. The topological polar surface area (TPSA) is 61.0 Å². The Hall–Kier alpha value is -2.66. The average Bonchev–Trinajstić information content (AvgIpc) is 2.83. The molecule has 0 amide bonds. The predicted molar refractivity (Wildman–Crippen MR) is 94.3 cm³/mol. The second-order valence-corrected chi connectivity index (χ2v) is 6.07. The molecule has 0 fully saturated rings. The number of nitrogens with zero attached hydrogens (tertiary/aromatic N) is 3. The van der Waals surface area contributed by atoms with Crippen LogP contribution >= 0.6 is 11.6 Å². The molecule has 6 heteroatoms. The lowest BCUT2D eigenvalue weighted by Crippen LogP contribution is -2.03. The van der Waals surface area contributed by atoms with Crippen LogP contribution in [-0.2, 0) is 6.54 Å². The maximum absolute atomic E-state index is 11.0. The van der Waals surface area contributed by atoms with Gasteiger partial charge in [0.05, 0.1) is 17.2 Å². The lowest BCUT2D eigenvalue weighted by molar-refractivity contribution is -0.384. The Labute approximate surface area is 144 Å². The SMILES string of the molecule is Cc1nn(Cc2ccc(Cl)cc2)c(C)c1-c1cccc([N+](=O)[O-])c1. The van der Waals surface area contributed by atoms with E-state index in [1.165, 1.54) is 6.07 Å². The molecule has 5 nitrogen and oxygen atoms in total. The van der Waals surface area contributed by atoms with Crippen molar-refractivity contribution in [2.45, 2.75) is 20.4 Å². The first kappa shape index (κ1) is 16.2. The van der Waals surface area contributed by atoms with Crippen LogP contribution in [0.2, 0.25) is 5.02 Å². The number of nitro benzene ring substituents is 1. The maximum Gasteiger partial charge on any atom is 0.270 e. The molecule has 0 N–H and O–H groups in total. The fraction of sp³-hybridized carbons (Fsp3) is 0.167. The van der Waals surface area contributed by atoms with E-state index < -0.39 is 0 Å². The van der Waals surface area contributed by atoms with E-state index in [9.17, 15) is 10.1 Å². The fourth-order valence-electron chi connectivity index (χ4n) is 2.81. The van der Waals surface area contributed by atoms with Gasteiger partial charge < -0.3 is 0 Å². The highest BCUT2D eigenvalue weighted by Crippen LogP contribution is 2.29. The number of benzene rings is 2. The van der Waals surface area contributed by atoms with Crippen LogP contribution in [-0.4, -0.2) is 14.7 Å². The first-order chi connectivity index (χ1) is 11.5. The molecule has 0 radical (unpaired) electrons. The van der Waals surface area contributed by atoms with Crippen LogP contribution in [0.1, 0.15) is 17.0 Å². The lowest BCUT2D eigenvalue weighted by Gasteiger charge is -2.06. The van der Waals surface area contributed by atoms with Crippen molar-refractivity contribution < 1.29 is 4.92 Å². The van der Waals surface area contributed by atoms with Crippen molar-refractivity contribution in [3.05, 3.63) is 80.6 Å². The van der Waals surface area contributed by atoms with Crippen LogP contribution < -0.4 is 0 Å². The Kier molecular flexibility index (Phi) is 4.36.